The number of amides is 2. The maximum Gasteiger partial charge on any atom is 0.255 e. The molecule has 0 bridgehead atoms. The Kier molecular flexibility index (Phi) is 4.92. The number of nitrogens with one attached hydrogen (secondary N) is 3. The number of hydrogen-bond donors (Lipinski definition) is 3. The third-order valence-electron chi connectivity index (χ3n) is 3.23. The molecule has 0 aliphatic carbocycles. The van der Waals surface area contributed by atoms with Gasteiger partial charge in [0.05, 0.1) is 11.3 Å². The van der Waals surface area contributed by atoms with Gasteiger partial charge in [0, 0.05) is 37.9 Å². The Labute approximate surface area is 118 Å². The van der Waals surface area contributed by atoms with Crippen molar-refractivity contribution in [1.82, 2.24) is 15.6 Å². The summed E-state index contributed by atoms with van der Waals surface area (Å²) >= 11 is 0. The molecular weight excluding hydrogens is 256 g/mol. The number of anilines is 1. The number of carbonyl (C=O) groups excluding carboxylic acids is 2. The van der Waals surface area contributed by atoms with E-state index >= 15 is 0 Å². The first kappa shape index (κ1) is 14.3. The molecule has 3 N–H and O–H groups in total. The molecule has 1 aromatic rings. The second-order valence-electron chi connectivity index (χ2n) is 4.86. The highest BCUT2D eigenvalue weighted by Gasteiger charge is 2.21. The average Bonchev–Trinajstić information content (AvgIpc) is 2.88. The van der Waals surface area contributed by atoms with E-state index < -0.39 is 0 Å². The standard InChI is InChI=1S/C14H20N4O2/c1-2-6-16-12-5-7-15-9-11(12)14(20)17-8-10-3-4-13(19)18-10/h5,7,9-10H,2-4,6,8H2,1H3,(H,15,16)(H,17,20)(H,18,19). The van der Waals surface area contributed by atoms with Crippen LogP contribution in [0.4, 0.5) is 5.69 Å². The molecule has 6 nitrogen and oxygen atoms in total. The molecule has 6 heteroatoms. The number of nitrogens with zero attached hydrogens (tertiary/aromatic N) is 1. The van der Waals surface area contributed by atoms with Gasteiger partial charge in [-0.3, -0.25) is 14.6 Å². The van der Waals surface area contributed by atoms with E-state index in [9.17, 15) is 9.59 Å². The summed E-state index contributed by atoms with van der Waals surface area (Å²) in [6.45, 7) is 3.33. The largest absolute Gasteiger partial charge is 0.384 e. The molecule has 2 rings (SSSR count). The molecule has 108 valence electrons. The molecule has 1 aromatic heterocycles. The highest BCUT2D eigenvalue weighted by Crippen LogP contribution is 2.13. The molecule has 2 heterocycles. The van der Waals surface area contributed by atoms with Gasteiger partial charge < -0.3 is 16.0 Å². The second-order valence-corrected chi connectivity index (χ2v) is 4.86. The fourth-order valence-electron chi connectivity index (χ4n) is 2.13. The number of pyridine rings is 1. The molecule has 2 amide bonds. The van der Waals surface area contributed by atoms with Crippen molar-refractivity contribution >= 4 is 17.5 Å². The van der Waals surface area contributed by atoms with Gasteiger partial charge in [0.1, 0.15) is 0 Å². The third-order valence-corrected chi connectivity index (χ3v) is 3.23. The molecule has 0 radical (unpaired) electrons. The Bertz CT molecular complexity index is 490. The predicted molar refractivity (Wildman–Crippen MR) is 76.5 cm³/mol. The van der Waals surface area contributed by atoms with Gasteiger partial charge in [0.25, 0.3) is 5.91 Å². The molecule has 1 unspecified atom stereocenters. The molecular formula is C14H20N4O2. The Hall–Kier alpha value is -2.11. The molecule has 0 aromatic carbocycles. The van der Waals surface area contributed by atoms with E-state index in [0.29, 0.717) is 18.5 Å². The number of carbonyl (C=O) groups is 2. The van der Waals surface area contributed by atoms with Crippen LogP contribution in [0.5, 0.6) is 0 Å². The second kappa shape index (κ2) is 6.88. The summed E-state index contributed by atoms with van der Waals surface area (Å²) in [4.78, 5) is 27.3. The van der Waals surface area contributed by atoms with Crippen LogP contribution in [-0.2, 0) is 4.79 Å². The molecule has 20 heavy (non-hydrogen) atoms. The molecule has 0 saturated carbocycles. The van der Waals surface area contributed by atoms with E-state index in [0.717, 1.165) is 25.1 Å². The number of rotatable bonds is 6. The maximum absolute atomic E-state index is 12.2. The van der Waals surface area contributed by atoms with Crippen LogP contribution < -0.4 is 16.0 Å². The summed E-state index contributed by atoms with van der Waals surface area (Å²) in [5.74, 6) is -0.117. The molecule has 1 aliphatic heterocycles. The summed E-state index contributed by atoms with van der Waals surface area (Å²) in [7, 11) is 0. The molecule has 1 aliphatic rings. The van der Waals surface area contributed by atoms with E-state index in [-0.39, 0.29) is 17.9 Å². The van der Waals surface area contributed by atoms with E-state index in [1.165, 1.54) is 0 Å². The van der Waals surface area contributed by atoms with E-state index in [2.05, 4.69) is 27.9 Å². The van der Waals surface area contributed by atoms with Crippen molar-refractivity contribution in [3.8, 4) is 0 Å². The van der Waals surface area contributed by atoms with Crippen LogP contribution in [0, 0.1) is 0 Å². The highest BCUT2D eigenvalue weighted by atomic mass is 16.2. The van der Waals surface area contributed by atoms with Crippen molar-refractivity contribution < 1.29 is 9.59 Å². The van der Waals surface area contributed by atoms with Crippen molar-refractivity contribution in [3.05, 3.63) is 24.0 Å². The summed E-state index contributed by atoms with van der Waals surface area (Å²) in [5.41, 5.74) is 1.32. The van der Waals surface area contributed by atoms with Gasteiger partial charge in [-0.15, -0.1) is 0 Å². The van der Waals surface area contributed by atoms with E-state index in [4.69, 9.17) is 0 Å². The van der Waals surface area contributed by atoms with Gasteiger partial charge in [-0.2, -0.15) is 0 Å². The molecule has 1 saturated heterocycles. The lowest BCUT2D eigenvalue weighted by molar-refractivity contribution is -0.119. The monoisotopic (exact) mass is 276 g/mol. The summed E-state index contributed by atoms with van der Waals surface area (Å²) in [6, 6.07) is 1.83. The summed E-state index contributed by atoms with van der Waals surface area (Å²) in [6.07, 6.45) is 5.51. The first-order valence-corrected chi connectivity index (χ1v) is 6.96. The normalized spacial score (nSPS) is 17.6. The molecule has 1 fully saturated rings. The predicted octanol–water partition coefficient (Wildman–Crippen LogP) is 0.912. The first-order valence-electron chi connectivity index (χ1n) is 6.96. The van der Waals surface area contributed by atoms with Crippen molar-refractivity contribution in [2.45, 2.75) is 32.2 Å². The zero-order chi connectivity index (χ0) is 14.4. The fourth-order valence-corrected chi connectivity index (χ4v) is 2.13. The minimum atomic E-state index is -0.169. The van der Waals surface area contributed by atoms with Gasteiger partial charge in [-0.25, -0.2) is 0 Å². The summed E-state index contributed by atoms with van der Waals surface area (Å²) in [5, 5.41) is 8.88. The molecule has 1 atom stereocenters. The maximum atomic E-state index is 12.2. The van der Waals surface area contributed by atoms with Crippen LogP contribution in [-0.4, -0.2) is 35.9 Å². The molecule has 0 spiro atoms. The lowest BCUT2D eigenvalue weighted by atomic mass is 10.2. The highest BCUT2D eigenvalue weighted by molar-refractivity contribution is 5.99. The van der Waals surface area contributed by atoms with Crippen LogP contribution in [0.1, 0.15) is 36.5 Å². The Morgan fingerprint density at radius 2 is 2.40 bits per heavy atom. The van der Waals surface area contributed by atoms with Crippen molar-refractivity contribution in [1.29, 1.82) is 0 Å². The van der Waals surface area contributed by atoms with Gasteiger partial charge in [-0.1, -0.05) is 6.92 Å². The van der Waals surface area contributed by atoms with Crippen LogP contribution in [0.2, 0.25) is 0 Å². The quantitative estimate of drug-likeness (QED) is 0.721. The minimum absolute atomic E-state index is 0.0372. The zero-order valence-electron chi connectivity index (χ0n) is 11.6. The van der Waals surface area contributed by atoms with Crippen molar-refractivity contribution in [3.63, 3.8) is 0 Å². The zero-order valence-corrected chi connectivity index (χ0v) is 11.6. The minimum Gasteiger partial charge on any atom is -0.384 e. The summed E-state index contributed by atoms with van der Waals surface area (Å²) < 4.78 is 0. The van der Waals surface area contributed by atoms with Crippen LogP contribution in [0.3, 0.4) is 0 Å². The number of hydrogen-bond acceptors (Lipinski definition) is 4. The Balaban J connectivity index is 1.93. The van der Waals surface area contributed by atoms with Gasteiger partial charge in [-0.05, 0) is 18.9 Å². The lowest BCUT2D eigenvalue weighted by Crippen LogP contribution is -2.38. The van der Waals surface area contributed by atoms with Crippen molar-refractivity contribution in [2.75, 3.05) is 18.4 Å². The Morgan fingerprint density at radius 1 is 1.55 bits per heavy atom. The SMILES string of the molecule is CCCNc1ccncc1C(=O)NCC1CCC(=O)N1. The van der Waals surface area contributed by atoms with E-state index in [1.54, 1.807) is 18.5 Å². The first-order chi connectivity index (χ1) is 9.70. The Morgan fingerprint density at radius 3 is 3.10 bits per heavy atom. The van der Waals surface area contributed by atoms with Crippen LogP contribution in [0.25, 0.3) is 0 Å². The number of aromatic nitrogens is 1. The van der Waals surface area contributed by atoms with Gasteiger partial charge in [0.15, 0.2) is 0 Å². The average molecular weight is 276 g/mol. The van der Waals surface area contributed by atoms with Gasteiger partial charge >= 0.3 is 0 Å². The lowest BCUT2D eigenvalue weighted by Gasteiger charge is -2.13. The van der Waals surface area contributed by atoms with E-state index in [1.807, 2.05) is 0 Å². The fraction of sp³-hybridized carbons (Fsp3) is 0.500. The van der Waals surface area contributed by atoms with Crippen LogP contribution >= 0.6 is 0 Å². The van der Waals surface area contributed by atoms with Crippen LogP contribution in [0.15, 0.2) is 18.5 Å². The topological polar surface area (TPSA) is 83.1 Å². The third kappa shape index (κ3) is 3.69. The van der Waals surface area contributed by atoms with Crippen molar-refractivity contribution in [2.24, 2.45) is 0 Å². The van der Waals surface area contributed by atoms with Gasteiger partial charge in [0.2, 0.25) is 5.91 Å². The smallest absolute Gasteiger partial charge is 0.255 e.